The molecule has 3 heterocycles. The van der Waals surface area contributed by atoms with E-state index >= 15 is 0 Å². The van der Waals surface area contributed by atoms with Gasteiger partial charge in [-0.25, -0.2) is 0 Å². The standard InChI is InChI=1S/C13H12N2O4/c16-12(15-7-2-1-5-14-6-7)10-8-3-4-9(19-8)11(10)13(17)18/h1-6,8-11H,(H,15,16)(H,17,18)/p-1/t8-,9+,10-,11-/m0/s1. The molecule has 1 fully saturated rings. The number of fused-ring (bicyclic) bond motifs is 2. The number of nitrogens with one attached hydrogen (secondary N) is 1. The van der Waals surface area contributed by atoms with E-state index < -0.39 is 30.0 Å². The van der Waals surface area contributed by atoms with Gasteiger partial charge in [0.1, 0.15) is 0 Å². The smallest absolute Gasteiger partial charge is 0.231 e. The first kappa shape index (κ1) is 11.9. The first-order chi connectivity index (χ1) is 9.16. The van der Waals surface area contributed by atoms with Gasteiger partial charge in [-0.15, -0.1) is 0 Å². The van der Waals surface area contributed by atoms with E-state index in [0.717, 1.165) is 0 Å². The second-order valence-electron chi connectivity index (χ2n) is 4.55. The maximum Gasteiger partial charge on any atom is 0.231 e. The third kappa shape index (κ3) is 2.00. The van der Waals surface area contributed by atoms with Crippen LogP contribution in [0, 0.1) is 11.8 Å². The molecule has 0 aromatic carbocycles. The molecule has 6 heteroatoms. The zero-order chi connectivity index (χ0) is 13.4. The summed E-state index contributed by atoms with van der Waals surface area (Å²) in [5, 5.41) is 13.8. The van der Waals surface area contributed by atoms with Crippen LogP contribution in [0.5, 0.6) is 0 Å². The second kappa shape index (κ2) is 4.47. The van der Waals surface area contributed by atoms with E-state index in [4.69, 9.17) is 4.74 Å². The van der Waals surface area contributed by atoms with Crippen LogP contribution in [-0.4, -0.2) is 29.1 Å². The SMILES string of the molecule is O=C(Nc1cccnc1)[C@@H]1[C@@H](C(=O)[O-])[C@H]2C=C[C@@H]1O2. The first-order valence-corrected chi connectivity index (χ1v) is 5.92. The van der Waals surface area contributed by atoms with Crippen LogP contribution in [0.2, 0.25) is 0 Å². The van der Waals surface area contributed by atoms with Crippen LogP contribution in [0.1, 0.15) is 0 Å². The Morgan fingerprint density at radius 2 is 2.00 bits per heavy atom. The average Bonchev–Trinajstić information content (AvgIpc) is 2.99. The molecule has 98 valence electrons. The number of rotatable bonds is 3. The lowest BCUT2D eigenvalue weighted by Crippen LogP contribution is -2.45. The number of nitrogens with zero attached hydrogens (tertiary/aromatic N) is 1. The highest BCUT2D eigenvalue weighted by Crippen LogP contribution is 2.39. The third-order valence-electron chi connectivity index (χ3n) is 3.40. The lowest BCUT2D eigenvalue weighted by Gasteiger charge is -2.24. The molecule has 0 radical (unpaired) electrons. The largest absolute Gasteiger partial charge is 0.550 e. The number of hydrogen-bond donors (Lipinski definition) is 1. The van der Waals surface area contributed by atoms with Crippen molar-refractivity contribution in [2.24, 2.45) is 11.8 Å². The zero-order valence-electron chi connectivity index (χ0n) is 9.85. The fourth-order valence-electron chi connectivity index (χ4n) is 2.56. The topological polar surface area (TPSA) is 91.4 Å². The van der Waals surface area contributed by atoms with Crippen molar-refractivity contribution in [1.82, 2.24) is 4.98 Å². The fourth-order valence-corrected chi connectivity index (χ4v) is 2.56. The van der Waals surface area contributed by atoms with E-state index in [1.807, 2.05) is 0 Å². The minimum absolute atomic E-state index is 0.390. The van der Waals surface area contributed by atoms with E-state index in [1.165, 1.54) is 6.20 Å². The highest BCUT2D eigenvalue weighted by molar-refractivity contribution is 5.96. The average molecular weight is 259 g/mol. The van der Waals surface area contributed by atoms with Gasteiger partial charge < -0.3 is 20.0 Å². The predicted octanol–water partition coefficient (Wildman–Crippen LogP) is -0.660. The minimum Gasteiger partial charge on any atom is -0.550 e. The van der Waals surface area contributed by atoms with Gasteiger partial charge in [0, 0.05) is 18.1 Å². The number of aliphatic carboxylic acids is 1. The van der Waals surface area contributed by atoms with E-state index in [9.17, 15) is 14.7 Å². The van der Waals surface area contributed by atoms with Gasteiger partial charge in [-0.1, -0.05) is 12.2 Å². The molecule has 0 spiro atoms. The highest BCUT2D eigenvalue weighted by Gasteiger charge is 2.50. The highest BCUT2D eigenvalue weighted by atomic mass is 16.5. The lowest BCUT2D eigenvalue weighted by molar-refractivity contribution is -0.313. The van der Waals surface area contributed by atoms with Gasteiger partial charge in [-0.05, 0) is 12.1 Å². The van der Waals surface area contributed by atoms with Crippen molar-refractivity contribution in [2.45, 2.75) is 12.2 Å². The summed E-state index contributed by atoms with van der Waals surface area (Å²) in [6.45, 7) is 0. The van der Waals surface area contributed by atoms with Crippen LogP contribution in [0.3, 0.4) is 0 Å². The Hall–Kier alpha value is -2.21. The van der Waals surface area contributed by atoms with Crippen molar-refractivity contribution in [2.75, 3.05) is 5.32 Å². The number of pyridine rings is 1. The monoisotopic (exact) mass is 259 g/mol. The number of carboxylic acids is 1. The third-order valence-corrected chi connectivity index (χ3v) is 3.40. The van der Waals surface area contributed by atoms with Gasteiger partial charge in [0.15, 0.2) is 0 Å². The summed E-state index contributed by atoms with van der Waals surface area (Å²) >= 11 is 0. The summed E-state index contributed by atoms with van der Waals surface area (Å²) in [7, 11) is 0. The number of ether oxygens (including phenoxy) is 1. The van der Waals surface area contributed by atoms with E-state index in [2.05, 4.69) is 10.3 Å². The van der Waals surface area contributed by atoms with Crippen LogP contribution in [0.4, 0.5) is 5.69 Å². The lowest BCUT2D eigenvalue weighted by atomic mass is 9.82. The minimum atomic E-state index is -1.26. The summed E-state index contributed by atoms with van der Waals surface area (Å²) < 4.78 is 5.41. The molecule has 6 nitrogen and oxygen atoms in total. The van der Waals surface area contributed by atoms with Gasteiger partial charge in [-0.2, -0.15) is 0 Å². The Balaban J connectivity index is 1.79. The molecular formula is C13H11N2O4-. The molecule has 2 aliphatic heterocycles. The molecule has 1 N–H and O–H groups in total. The number of anilines is 1. The Bertz CT molecular complexity index is 543. The van der Waals surface area contributed by atoms with Crippen molar-refractivity contribution in [3.05, 3.63) is 36.7 Å². The van der Waals surface area contributed by atoms with E-state index in [0.29, 0.717) is 5.69 Å². The van der Waals surface area contributed by atoms with E-state index in [-0.39, 0.29) is 5.91 Å². The summed E-state index contributed by atoms with van der Waals surface area (Å²) in [4.78, 5) is 27.2. The Labute approximate surface area is 109 Å². The Morgan fingerprint density at radius 1 is 1.26 bits per heavy atom. The number of aromatic nitrogens is 1. The van der Waals surface area contributed by atoms with Crippen LogP contribution in [-0.2, 0) is 14.3 Å². The molecule has 2 bridgehead atoms. The molecular weight excluding hydrogens is 248 g/mol. The van der Waals surface area contributed by atoms with Crippen molar-refractivity contribution >= 4 is 17.6 Å². The number of amides is 1. The quantitative estimate of drug-likeness (QED) is 0.727. The molecule has 3 rings (SSSR count). The van der Waals surface area contributed by atoms with E-state index in [1.54, 1.807) is 30.5 Å². The Morgan fingerprint density at radius 3 is 2.63 bits per heavy atom. The van der Waals surface area contributed by atoms with Crippen molar-refractivity contribution < 1.29 is 19.4 Å². The molecule has 2 aliphatic rings. The summed E-state index contributed by atoms with van der Waals surface area (Å²) in [6.07, 6.45) is 5.40. The van der Waals surface area contributed by atoms with Crippen LogP contribution in [0.15, 0.2) is 36.7 Å². The van der Waals surface area contributed by atoms with Gasteiger partial charge >= 0.3 is 0 Å². The molecule has 0 saturated carbocycles. The maximum atomic E-state index is 12.2. The number of hydrogen-bond acceptors (Lipinski definition) is 5. The van der Waals surface area contributed by atoms with Crippen molar-refractivity contribution in [3.8, 4) is 0 Å². The van der Waals surface area contributed by atoms with Gasteiger partial charge in [0.25, 0.3) is 0 Å². The maximum absolute atomic E-state index is 12.2. The second-order valence-corrected chi connectivity index (χ2v) is 4.55. The van der Waals surface area contributed by atoms with Crippen molar-refractivity contribution in [1.29, 1.82) is 0 Å². The number of carboxylic acid groups (broad SMARTS) is 1. The molecule has 1 saturated heterocycles. The van der Waals surface area contributed by atoms with Gasteiger partial charge in [-0.3, -0.25) is 9.78 Å². The van der Waals surface area contributed by atoms with Crippen LogP contribution < -0.4 is 10.4 Å². The molecule has 0 unspecified atom stereocenters. The molecule has 19 heavy (non-hydrogen) atoms. The normalized spacial score (nSPS) is 31.4. The zero-order valence-corrected chi connectivity index (χ0v) is 9.85. The van der Waals surface area contributed by atoms with Crippen LogP contribution >= 0.6 is 0 Å². The summed E-state index contributed by atoms with van der Waals surface area (Å²) in [6, 6.07) is 3.37. The van der Waals surface area contributed by atoms with Crippen molar-refractivity contribution in [3.63, 3.8) is 0 Å². The first-order valence-electron chi connectivity index (χ1n) is 5.92. The molecule has 0 aliphatic carbocycles. The summed E-state index contributed by atoms with van der Waals surface area (Å²) in [5.74, 6) is -3.35. The molecule has 1 amide bonds. The Kier molecular flexibility index (Phi) is 2.79. The molecule has 1 aromatic heterocycles. The summed E-state index contributed by atoms with van der Waals surface area (Å²) in [5.41, 5.74) is 0.524. The fraction of sp³-hybridized carbons (Fsp3) is 0.308. The number of carbonyl (C=O) groups is 2. The number of carbonyl (C=O) groups excluding carboxylic acids is 2. The molecule has 1 aromatic rings. The predicted molar refractivity (Wildman–Crippen MR) is 62.7 cm³/mol. The van der Waals surface area contributed by atoms with Crippen LogP contribution in [0.25, 0.3) is 0 Å². The van der Waals surface area contributed by atoms with Gasteiger partial charge in [0.05, 0.1) is 30.0 Å². The molecule has 4 atom stereocenters. The van der Waals surface area contributed by atoms with Gasteiger partial charge in [0.2, 0.25) is 5.91 Å².